The molecule has 0 aliphatic carbocycles. The lowest BCUT2D eigenvalue weighted by molar-refractivity contribution is -0.151. The smallest absolute Gasteiger partial charge is 0.354 e. The molecule has 0 aromatic heterocycles. The molecule has 1 saturated heterocycles. The zero-order valence-corrected chi connectivity index (χ0v) is 20.7. The van der Waals surface area contributed by atoms with Gasteiger partial charge >= 0.3 is 5.97 Å². The van der Waals surface area contributed by atoms with Crippen LogP contribution in [-0.2, 0) is 20.9 Å². The second kappa shape index (κ2) is 13.6. The number of halogens is 1. The average Bonchev–Trinajstić information content (AvgIpc) is 2.89. The molecule has 11 nitrogen and oxygen atoms in total. The van der Waals surface area contributed by atoms with Crippen molar-refractivity contribution in [3.63, 3.8) is 0 Å². The van der Waals surface area contributed by atoms with E-state index >= 15 is 0 Å². The lowest BCUT2D eigenvalue weighted by Crippen LogP contribution is -2.48. The van der Waals surface area contributed by atoms with Gasteiger partial charge in [0.25, 0.3) is 11.8 Å². The number of carboxylic acids is 1. The molecule has 1 fully saturated rings. The molecule has 2 atom stereocenters. The summed E-state index contributed by atoms with van der Waals surface area (Å²) in [7, 11) is 0. The number of carbonyl (C=O) groups is 4. The Hall–Kier alpha value is -3.67. The van der Waals surface area contributed by atoms with Crippen molar-refractivity contribution in [2.45, 2.75) is 38.1 Å². The summed E-state index contributed by atoms with van der Waals surface area (Å²) in [6.07, 6.45) is 1.05. The zero-order valence-electron chi connectivity index (χ0n) is 20.0. The molecule has 2 aromatic carbocycles. The fourth-order valence-electron chi connectivity index (χ4n) is 3.71. The van der Waals surface area contributed by atoms with E-state index in [9.17, 15) is 29.4 Å². The summed E-state index contributed by atoms with van der Waals surface area (Å²) in [5.74, 6) is -2.78. The topological polar surface area (TPSA) is 166 Å². The van der Waals surface area contributed by atoms with Crippen molar-refractivity contribution < 1.29 is 34.1 Å². The van der Waals surface area contributed by atoms with Crippen molar-refractivity contribution in [2.75, 3.05) is 19.7 Å². The second-order valence-corrected chi connectivity index (χ2v) is 8.81. The number of nitrogens with one attached hydrogen (secondary N) is 4. The Morgan fingerprint density at radius 1 is 1.08 bits per heavy atom. The normalized spacial score (nSPS) is 15.9. The van der Waals surface area contributed by atoms with Gasteiger partial charge in [-0.05, 0) is 55.3 Å². The van der Waals surface area contributed by atoms with Crippen LogP contribution in [0.1, 0.15) is 45.5 Å². The number of phenols is 1. The number of aromatic hydroxyl groups is 1. The molecule has 0 radical (unpaired) electrons. The Morgan fingerprint density at radius 2 is 1.89 bits per heavy atom. The molecule has 0 saturated carbocycles. The molecule has 6 N–H and O–H groups in total. The van der Waals surface area contributed by atoms with Crippen molar-refractivity contribution in [3.05, 3.63) is 64.2 Å². The highest BCUT2D eigenvalue weighted by molar-refractivity contribution is 6.34. The van der Waals surface area contributed by atoms with Crippen LogP contribution in [0.25, 0.3) is 0 Å². The number of carboxylic acid groups (broad SMARTS) is 1. The van der Waals surface area contributed by atoms with Crippen LogP contribution >= 0.6 is 11.6 Å². The van der Waals surface area contributed by atoms with Gasteiger partial charge in [-0.25, -0.2) is 4.79 Å². The fraction of sp³-hybridized carbons (Fsp3) is 0.360. The number of piperidine rings is 1. The molecule has 1 aliphatic rings. The van der Waals surface area contributed by atoms with Crippen LogP contribution in [0.4, 0.5) is 0 Å². The third-order valence-electron chi connectivity index (χ3n) is 5.64. The molecule has 3 rings (SSSR count). The van der Waals surface area contributed by atoms with Gasteiger partial charge in [0.05, 0.1) is 23.2 Å². The molecule has 1 unspecified atom stereocenters. The lowest BCUT2D eigenvalue weighted by Gasteiger charge is -2.22. The quantitative estimate of drug-likeness (QED) is 0.186. The van der Waals surface area contributed by atoms with Gasteiger partial charge in [0.15, 0.2) is 0 Å². The van der Waals surface area contributed by atoms with Crippen LogP contribution in [0, 0.1) is 0 Å². The lowest BCUT2D eigenvalue weighted by atomic mass is 10.0. The fourth-order valence-corrected chi connectivity index (χ4v) is 3.98. The maximum atomic E-state index is 12.6. The summed E-state index contributed by atoms with van der Waals surface area (Å²) >= 11 is 6.19. The van der Waals surface area contributed by atoms with E-state index in [1.54, 1.807) is 12.1 Å². The highest BCUT2D eigenvalue weighted by Gasteiger charge is 2.24. The Bertz CT molecular complexity index is 1140. The summed E-state index contributed by atoms with van der Waals surface area (Å²) in [6.45, 7) is 0.878. The Balaban J connectivity index is 1.50. The zero-order chi connectivity index (χ0) is 26.8. The van der Waals surface area contributed by atoms with Crippen LogP contribution in [0.2, 0.25) is 5.02 Å². The molecule has 2 aromatic rings. The standard InChI is InChI=1S/C25H29ClN4O7/c26-19-13-16(21(32)29-14-15-4-3-5-17(31)12-15)7-8-18(19)22(33)30-24(25(35)36)37-11-10-28-23(34)20-6-1-2-9-27-20/h3-5,7-8,12-13,20,24,27,31H,1-2,6,9-11,14H2,(H,28,34)(H,29,32)(H,30,33)(H,35,36)/t20?,24-/m0/s1. The molecule has 0 bridgehead atoms. The molecular formula is C25H29ClN4O7. The van der Waals surface area contributed by atoms with E-state index in [1.807, 2.05) is 0 Å². The summed E-state index contributed by atoms with van der Waals surface area (Å²) in [4.78, 5) is 48.7. The molecule has 198 valence electrons. The van der Waals surface area contributed by atoms with Crippen LogP contribution in [0.5, 0.6) is 5.75 Å². The number of aliphatic carboxylic acids is 1. The Kier molecular flexibility index (Phi) is 10.2. The Labute approximate surface area is 218 Å². The maximum Gasteiger partial charge on any atom is 0.354 e. The number of hydrogen-bond acceptors (Lipinski definition) is 7. The molecule has 37 heavy (non-hydrogen) atoms. The van der Waals surface area contributed by atoms with Crippen LogP contribution < -0.4 is 21.3 Å². The Morgan fingerprint density at radius 3 is 2.57 bits per heavy atom. The third kappa shape index (κ3) is 8.45. The van der Waals surface area contributed by atoms with Crippen LogP contribution in [0.15, 0.2) is 42.5 Å². The minimum atomic E-state index is -1.67. The minimum absolute atomic E-state index is 0.0438. The van der Waals surface area contributed by atoms with Crippen molar-refractivity contribution in [1.29, 1.82) is 0 Å². The maximum absolute atomic E-state index is 12.6. The summed E-state index contributed by atoms with van der Waals surface area (Å²) < 4.78 is 5.23. The van der Waals surface area contributed by atoms with Gasteiger partial charge in [0, 0.05) is 18.7 Å². The number of hydrogen-bond donors (Lipinski definition) is 6. The van der Waals surface area contributed by atoms with E-state index in [4.69, 9.17) is 16.3 Å². The van der Waals surface area contributed by atoms with E-state index in [0.717, 1.165) is 25.8 Å². The number of ether oxygens (including phenoxy) is 1. The van der Waals surface area contributed by atoms with Gasteiger partial charge in [-0.15, -0.1) is 0 Å². The first-order chi connectivity index (χ1) is 17.7. The average molecular weight is 533 g/mol. The first-order valence-corrected chi connectivity index (χ1v) is 12.1. The van der Waals surface area contributed by atoms with Gasteiger partial charge < -0.3 is 36.2 Å². The molecule has 1 heterocycles. The van der Waals surface area contributed by atoms with Crippen LogP contribution in [0.3, 0.4) is 0 Å². The number of phenolic OH excluding ortho intramolecular Hbond substituents is 1. The molecule has 12 heteroatoms. The summed E-state index contributed by atoms with van der Waals surface area (Å²) in [5, 5.41) is 29.6. The van der Waals surface area contributed by atoms with E-state index in [-0.39, 0.29) is 53.5 Å². The highest BCUT2D eigenvalue weighted by atomic mass is 35.5. The van der Waals surface area contributed by atoms with Gasteiger partial charge in [-0.3, -0.25) is 14.4 Å². The molecule has 1 aliphatic heterocycles. The molecule has 0 spiro atoms. The van der Waals surface area contributed by atoms with Gasteiger partial charge in [0.2, 0.25) is 12.1 Å². The molecular weight excluding hydrogens is 504 g/mol. The predicted molar refractivity (Wildman–Crippen MR) is 134 cm³/mol. The first-order valence-electron chi connectivity index (χ1n) is 11.8. The number of carbonyl (C=O) groups excluding carboxylic acids is 3. The monoisotopic (exact) mass is 532 g/mol. The van der Waals surface area contributed by atoms with Crippen molar-refractivity contribution in [2.24, 2.45) is 0 Å². The van der Waals surface area contributed by atoms with E-state index in [0.29, 0.717) is 5.56 Å². The van der Waals surface area contributed by atoms with Crippen molar-refractivity contribution >= 4 is 35.3 Å². The third-order valence-corrected chi connectivity index (χ3v) is 5.95. The highest BCUT2D eigenvalue weighted by Crippen LogP contribution is 2.19. The first kappa shape index (κ1) is 27.9. The summed E-state index contributed by atoms with van der Waals surface area (Å²) in [6, 6.07) is 10.1. The van der Waals surface area contributed by atoms with E-state index in [1.165, 1.54) is 30.3 Å². The molecule has 3 amide bonds. The largest absolute Gasteiger partial charge is 0.508 e. The second-order valence-electron chi connectivity index (χ2n) is 8.40. The van der Waals surface area contributed by atoms with Gasteiger partial charge in [-0.2, -0.15) is 0 Å². The van der Waals surface area contributed by atoms with Crippen LogP contribution in [-0.4, -0.2) is 65.9 Å². The summed E-state index contributed by atoms with van der Waals surface area (Å²) in [5.41, 5.74) is 0.842. The SMILES string of the molecule is O=C(NCc1cccc(O)c1)c1ccc(C(=O)N[C@@H](OCCNC(=O)C2CCCCN2)C(=O)O)c(Cl)c1. The van der Waals surface area contributed by atoms with Crippen molar-refractivity contribution in [3.8, 4) is 5.75 Å². The van der Waals surface area contributed by atoms with Gasteiger partial charge in [0.1, 0.15) is 5.75 Å². The van der Waals surface area contributed by atoms with Gasteiger partial charge in [-0.1, -0.05) is 30.2 Å². The van der Waals surface area contributed by atoms with E-state index in [2.05, 4.69) is 21.3 Å². The predicted octanol–water partition coefficient (Wildman–Crippen LogP) is 1.39. The van der Waals surface area contributed by atoms with E-state index < -0.39 is 24.0 Å². The number of benzene rings is 2. The minimum Gasteiger partial charge on any atom is -0.508 e. The number of rotatable bonds is 11. The van der Waals surface area contributed by atoms with Crippen molar-refractivity contribution in [1.82, 2.24) is 21.3 Å². The number of amides is 3.